The quantitative estimate of drug-likeness (QED) is 0.155. The average molecular weight is 1150 g/mol. The van der Waals surface area contributed by atoms with Crippen LogP contribution in [0.25, 0.3) is 33.2 Å². The van der Waals surface area contributed by atoms with E-state index in [1.54, 1.807) is 11.1 Å². The number of hydrogen-bond donors (Lipinski definition) is 0. The fraction of sp³-hybridized carbons (Fsp3) is 0.358. The van der Waals surface area contributed by atoms with Gasteiger partial charge in [0.25, 0.3) is 13.4 Å². The highest BCUT2D eigenvalue weighted by atomic mass is 15.3. The number of fused-ring (bicyclic) bond motifs is 14. The molecule has 2 saturated carbocycles. The van der Waals surface area contributed by atoms with Gasteiger partial charge >= 0.3 is 0 Å². The normalized spacial score (nSPS) is 23.7. The molecule has 2 aromatic heterocycles. The lowest BCUT2D eigenvalue weighted by atomic mass is 9.33. The molecule has 0 saturated heterocycles. The fourth-order valence-electron chi connectivity index (χ4n) is 20.6. The third kappa shape index (κ3) is 6.37. The van der Waals surface area contributed by atoms with Gasteiger partial charge in [-0.25, -0.2) is 0 Å². The van der Waals surface area contributed by atoms with Gasteiger partial charge < -0.3 is 23.8 Å². The van der Waals surface area contributed by atoms with Gasteiger partial charge in [-0.05, 0) is 224 Å². The number of aryl methyl sites for hydroxylation is 3. The molecule has 7 heteroatoms. The van der Waals surface area contributed by atoms with Crippen LogP contribution in [0.1, 0.15) is 164 Å². The minimum absolute atomic E-state index is 0.000604. The summed E-state index contributed by atoms with van der Waals surface area (Å²) in [6.07, 6.45) is 9.53. The zero-order chi connectivity index (χ0) is 60.4. The molecular formula is C81H83B2N5. The van der Waals surface area contributed by atoms with Crippen molar-refractivity contribution in [2.24, 2.45) is 5.92 Å². The van der Waals surface area contributed by atoms with Gasteiger partial charge in [0, 0.05) is 89.5 Å². The molecule has 0 amide bonds. The van der Waals surface area contributed by atoms with Crippen LogP contribution in [0, 0.1) is 40.5 Å². The largest absolute Gasteiger partial charge is 0.335 e. The lowest BCUT2D eigenvalue weighted by molar-refractivity contribution is 0.127. The molecule has 6 aliphatic heterocycles. The lowest BCUT2D eigenvalue weighted by Crippen LogP contribution is -2.64. The topological polar surface area (TPSA) is 19.6 Å². The molecule has 0 radical (unpaired) electrons. The predicted molar refractivity (Wildman–Crippen MR) is 375 cm³/mol. The van der Waals surface area contributed by atoms with E-state index in [1.165, 1.54) is 177 Å². The van der Waals surface area contributed by atoms with Crippen LogP contribution in [-0.2, 0) is 21.7 Å². The summed E-state index contributed by atoms with van der Waals surface area (Å²) in [5.41, 5.74) is 36.4. The summed E-state index contributed by atoms with van der Waals surface area (Å²) in [5.74, 6) is 0.526. The second-order valence-electron chi connectivity index (χ2n) is 31.5. The second kappa shape index (κ2) is 17.2. The van der Waals surface area contributed by atoms with Crippen molar-refractivity contribution in [1.82, 2.24) is 9.13 Å². The molecular weight excluding hydrogens is 1060 g/mol. The molecule has 5 nitrogen and oxygen atoms in total. The van der Waals surface area contributed by atoms with Crippen LogP contribution in [0.2, 0.25) is 0 Å². The van der Waals surface area contributed by atoms with Crippen LogP contribution in [0.5, 0.6) is 0 Å². The Morgan fingerprint density at radius 2 is 0.977 bits per heavy atom. The highest BCUT2D eigenvalue weighted by Crippen LogP contribution is 2.66. The van der Waals surface area contributed by atoms with Crippen molar-refractivity contribution in [3.8, 4) is 11.4 Å². The third-order valence-corrected chi connectivity index (χ3v) is 25.7. The average Bonchev–Trinajstić information content (AvgIpc) is 1.47. The lowest BCUT2D eigenvalue weighted by Gasteiger charge is -2.54. The van der Waals surface area contributed by atoms with Gasteiger partial charge in [0.2, 0.25) is 0 Å². The maximum atomic E-state index is 2.98. The van der Waals surface area contributed by atoms with Crippen molar-refractivity contribution in [3.05, 3.63) is 196 Å². The summed E-state index contributed by atoms with van der Waals surface area (Å²) >= 11 is 0. The number of anilines is 7. The highest BCUT2D eigenvalue weighted by Gasteiger charge is 2.65. The summed E-state index contributed by atoms with van der Waals surface area (Å²) in [6, 6.07) is 57.8. The molecule has 0 spiro atoms. The molecule has 2 fully saturated rings. The van der Waals surface area contributed by atoms with Crippen molar-refractivity contribution < 1.29 is 0 Å². The van der Waals surface area contributed by atoms with Crippen LogP contribution in [-0.4, -0.2) is 33.6 Å². The summed E-state index contributed by atoms with van der Waals surface area (Å²) in [7, 11) is 0. The number of hydrogen-bond acceptors (Lipinski definition) is 3. The van der Waals surface area contributed by atoms with Gasteiger partial charge in [0.15, 0.2) is 0 Å². The minimum Gasteiger partial charge on any atom is -0.335 e. The molecule has 88 heavy (non-hydrogen) atoms. The molecule has 10 aromatic rings. The predicted octanol–water partition coefficient (Wildman–Crippen LogP) is 16.2. The minimum atomic E-state index is -0.149. The summed E-state index contributed by atoms with van der Waals surface area (Å²) in [4.78, 5) is 8.43. The molecule has 5 unspecified atom stereocenters. The van der Waals surface area contributed by atoms with E-state index < -0.39 is 0 Å². The van der Waals surface area contributed by atoms with Crippen LogP contribution in [0.4, 0.5) is 39.8 Å². The Morgan fingerprint density at radius 1 is 0.489 bits per heavy atom. The molecule has 0 bridgehead atoms. The monoisotopic (exact) mass is 1150 g/mol. The number of para-hydroxylation sites is 4. The van der Waals surface area contributed by atoms with E-state index in [0.29, 0.717) is 5.92 Å². The van der Waals surface area contributed by atoms with Gasteiger partial charge in [0.05, 0.1) is 16.8 Å². The van der Waals surface area contributed by atoms with Gasteiger partial charge in [-0.15, -0.1) is 0 Å². The van der Waals surface area contributed by atoms with Crippen molar-refractivity contribution in [3.63, 3.8) is 0 Å². The first-order chi connectivity index (χ1) is 42.1. The smallest absolute Gasteiger partial charge is 0.252 e. The van der Waals surface area contributed by atoms with E-state index in [-0.39, 0.29) is 46.2 Å². The van der Waals surface area contributed by atoms with Crippen LogP contribution in [0.15, 0.2) is 146 Å². The maximum Gasteiger partial charge on any atom is 0.252 e. The molecule has 2 aliphatic carbocycles. The third-order valence-electron chi connectivity index (χ3n) is 25.7. The van der Waals surface area contributed by atoms with Gasteiger partial charge in [-0.2, -0.15) is 0 Å². The Morgan fingerprint density at radius 3 is 1.56 bits per heavy atom. The SMILES string of the molecule is Cc1cc2c3c(c1)-n1c(C)c(C)c4cccc(c41)B3c1cc(C(C)(C)C)cc3c1N2C1(C)CC(CC(C)(C)c2cc4c5c(c2)C2(C)CCCCC2(C)N5c2cc(N(c5ccccc5)c5ccccc5)cc5c2B4c2cccc4c(C)c(C)n-5c24)CCC31C. The first kappa shape index (κ1) is 53.4. The van der Waals surface area contributed by atoms with Crippen LogP contribution < -0.4 is 47.5 Å². The summed E-state index contributed by atoms with van der Waals surface area (Å²) in [5, 5.41) is 2.77. The molecule has 8 heterocycles. The van der Waals surface area contributed by atoms with Gasteiger partial charge in [-0.1, -0.05) is 158 Å². The van der Waals surface area contributed by atoms with Crippen molar-refractivity contribution >= 4 is 108 Å². The van der Waals surface area contributed by atoms with Crippen molar-refractivity contribution in [1.29, 1.82) is 0 Å². The van der Waals surface area contributed by atoms with E-state index in [1.807, 2.05) is 0 Å². The molecule has 8 aromatic carbocycles. The first-order valence-corrected chi connectivity index (χ1v) is 33.5. The van der Waals surface area contributed by atoms with Crippen LogP contribution in [0.3, 0.4) is 0 Å². The van der Waals surface area contributed by atoms with E-state index in [0.717, 1.165) is 19.3 Å². The number of nitrogens with zero attached hydrogens (tertiary/aromatic N) is 5. The van der Waals surface area contributed by atoms with Crippen molar-refractivity contribution in [2.75, 3.05) is 14.7 Å². The fourth-order valence-corrected chi connectivity index (χ4v) is 20.6. The molecule has 438 valence electrons. The molecule has 8 aliphatic rings. The van der Waals surface area contributed by atoms with Gasteiger partial charge in [-0.3, -0.25) is 0 Å². The standard InChI is InChI=1S/C81H83B2N5/c1-47-37-66-70-68(38-47)88-75-60(39-53(76(6,7)8)41-64(75)82(70)62-31-23-29-58-48(2)50(4)84(66)72(58)62)79(12)36-33-52(46-81(79,88)14)45-77(9,10)54-40-61-74-65(42-54)83-63-32-24-30-59-49(3)51(5)85(73(59)63)67-43-57(86(55-25-17-15-18-26-55)56-27-19-16-20-28-56)44-69(71(67)83)87(74)80(13)35-22-21-34-78(61,80)11/h15-20,23-32,37-44,52H,21-22,33-36,45-46H2,1-14H3. The van der Waals surface area contributed by atoms with E-state index in [4.69, 9.17) is 0 Å². The Balaban J connectivity index is 0.804. The number of benzene rings is 8. The van der Waals surface area contributed by atoms with Crippen molar-refractivity contribution in [2.45, 2.75) is 181 Å². The summed E-state index contributed by atoms with van der Waals surface area (Å²) < 4.78 is 5.33. The second-order valence-corrected chi connectivity index (χ2v) is 31.5. The number of aromatic nitrogens is 2. The Bertz CT molecular complexity index is 4730. The molecule has 5 atom stereocenters. The number of rotatable bonds is 6. The van der Waals surface area contributed by atoms with E-state index in [9.17, 15) is 0 Å². The maximum absolute atomic E-state index is 2.98. The Labute approximate surface area is 522 Å². The summed E-state index contributed by atoms with van der Waals surface area (Å²) in [6.45, 7) is 35.4. The zero-order valence-electron chi connectivity index (χ0n) is 54.5. The van der Waals surface area contributed by atoms with E-state index in [2.05, 4.69) is 266 Å². The van der Waals surface area contributed by atoms with E-state index >= 15 is 0 Å². The first-order valence-electron chi connectivity index (χ1n) is 33.5. The highest BCUT2D eigenvalue weighted by molar-refractivity contribution is 7.01. The molecule has 18 rings (SSSR count). The Hall–Kier alpha value is -7.63. The van der Waals surface area contributed by atoms with Crippen LogP contribution >= 0.6 is 0 Å². The molecule has 0 N–H and O–H groups in total. The Kier molecular flexibility index (Phi) is 10.4. The zero-order valence-corrected chi connectivity index (χ0v) is 54.5. The van der Waals surface area contributed by atoms with Gasteiger partial charge in [0.1, 0.15) is 0 Å².